The van der Waals surface area contributed by atoms with Gasteiger partial charge in [0.2, 0.25) is 0 Å². The molecule has 138 valence electrons. The van der Waals surface area contributed by atoms with E-state index in [0.717, 1.165) is 18.5 Å². The Bertz CT molecular complexity index is 723. The van der Waals surface area contributed by atoms with Crippen LogP contribution < -0.4 is 5.32 Å². The quantitative estimate of drug-likeness (QED) is 0.731. The maximum Gasteiger partial charge on any atom is 0.337 e. The molecule has 2 rings (SSSR count). The van der Waals surface area contributed by atoms with Crippen molar-refractivity contribution in [2.24, 2.45) is 0 Å². The summed E-state index contributed by atoms with van der Waals surface area (Å²) in [7, 11) is 1.34. The van der Waals surface area contributed by atoms with E-state index in [-0.39, 0.29) is 11.9 Å². The summed E-state index contributed by atoms with van der Waals surface area (Å²) in [6, 6.07) is 10.2. The number of nitrogens with zero attached hydrogens (tertiary/aromatic N) is 3. The minimum atomic E-state index is -0.386. The molecule has 1 heterocycles. The number of esters is 1. The standard InChI is InChI=1S/C19H24N4O3/c1-4-12-23(13-5-2)18(24)16-10-11-17(22-21-16)20-15-8-6-14(7-9-15)19(25)26-3/h6-11H,4-5,12-13H2,1-3H3,(H,20,22). The molecule has 0 atom stereocenters. The van der Waals surface area contributed by atoms with Gasteiger partial charge >= 0.3 is 5.97 Å². The van der Waals surface area contributed by atoms with Gasteiger partial charge in [0.15, 0.2) is 11.5 Å². The predicted molar refractivity (Wildman–Crippen MR) is 99.6 cm³/mol. The molecule has 0 aliphatic heterocycles. The summed E-state index contributed by atoms with van der Waals surface area (Å²) in [5.74, 6) is 0.0306. The van der Waals surface area contributed by atoms with Crippen LogP contribution in [-0.2, 0) is 4.74 Å². The summed E-state index contributed by atoms with van der Waals surface area (Å²) in [6.45, 7) is 5.50. The van der Waals surface area contributed by atoms with Crippen molar-refractivity contribution >= 4 is 23.4 Å². The predicted octanol–water partition coefficient (Wildman–Crippen LogP) is 3.27. The molecule has 1 N–H and O–H groups in total. The molecule has 2 aromatic rings. The Kier molecular flexibility index (Phi) is 7.08. The molecular weight excluding hydrogens is 332 g/mol. The first-order chi connectivity index (χ1) is 12.6. The number of amides is 1. The third-order valence-corrected chi connectivity index (χ3v) is 3.74. The zero-order valence-electron chi connectivity index (χ0n) is 15.4. The summed E-state index contributed by atoms with van der Waals surface area (Å²) in [5.41, 5.74) is 1.56. The molecule has 0 spiro atoms. The number of rotatable bonds is 8. The molecule has 7 heteroatoms. The van der Waals surface area contributed by atoms with Gasteiger partial charge in [0.1, 0.15) is 0 Å². The number of carbonyl (C=O) groups excluding carboxylic acids is 2. The van der Waals surface area contributed by atoms with E-state index in [1.807, 2.05) is 13.8 Å². The van der Waals surface area contributed by atoms with Crippen LogP contribution in [0.5, 0.6) is 0 Å². The molecule has 0 aliphatic carbocycles. The van der Waals surface area contributed by atoms with Crippen molar-refractivity contribution in [2.45, 2.75) is 26.7 Å². The van der Waals surface area contributed by atoms with Gasteiger partial charge in [0.25, 0.3) is 5.91 Å². The fourth-order valence-electron chi connectivity index (χ4n) is 2.49. The lowest BCUT2D eigenvalue weighted by Crippen LogP contribution is -2.33. The second-order valence-corrected chi connectivity index (χ2v) is 5.79. The number of benzene rings is 1. The normalized spacial score (nSPS) is 10.3. The number of hydrogen-bond acceptors (Lipinski definition) is 6. The molecule has 0 radical (unpaired) electrons. The summed E-state index contributed by atoms with van der Waals surface area (Å²) < 4.78 is 4.67. The Hall–Kier alpha value is -2.96. The monoisotopic (exact) mass is 356 g/mol. The van der Waals surface area contributed by atoms with E-state index in [1.165, 1.54) is 7.11 Å². The highest BCUT2D eigenvalue weighted by Crippen LogP contribution is 2.16. The molecule has 0 unspecified atom stereocenters. The van der Waals surface area contributed by atoms with Crippen molar-refractivity contribution in [1.82, 2.24) is 15.1 Å². The van der Waals surface area contributed by atoms with Gasteiger partial charge < -0.3 is 15.0 Å². The van der Waals surface area contributed by atoms with Crippen LogP contribution in [0.25, 0.3) is 0 Å². The Morgan fingerprint density at radius 3 is 2.15 bits per heavy atom. The summed E-state index contributed by atoms with van der Waals surface area (Å²) in [4.78, 5) is 25.7. The molecule has 0 fully saturated rings. The lowest BCUT2D eigenvalue weighted by Gasteiger charge is -2.20. The van der Waals surface area contributed by atoms with Gasteiger partial charge in [0.05, 0.1) is 12.7 Å². The van der Waals surface area contributed by atoms with E-state index in [0.29, 0.717) is 30.2 Å². The molecule has 0 saturated carbocycles. The molecule has 26 heavy (non-hydrogen) atoms. The van der Waals surface area contributed by atoms with Crippen molar-refractivity contribution in [1.29, 1.82) is 0 Å². The van der Waals surface area contributed by atoms with Gasteiger partial charge in [-0.3, -0.25) is 4.79 Å². The van der Waals surface area contributed by atoms with Gasteiger partial charge in [-0.2, -0.15) is 0 Å². The van der Waals surface area contributed by atoms with E-state index < -0.39 is 0 Å². The first kappa shape index (κ1) is 19.4. The summed E-state index contributed by atoms with van der Waals surface area (Å²) in [6.07, 6.45) is 1.81. The smallest absolute Gasteiger partial charge is 0.337 e. The van der Waals surface area contributed by atoms with Crippen molar-refractivity contribution < 1.29 is 14.3 Å². The minimum Gasteiger partial charge on any atom is -0.465 e. The minimum absolute atomic E-state index is 0.102. The number of aromatic nitrogens is 2. The van der Waals surface area contributed by atoms with Gasteiger partial charge in [-0.05, 0) is 49.2 Å². The molecule has 1 aromatic carbocycles. The maximum absolute atomic E-state index is 12.5. The zero-order valence-corrected chi connectivity index (χ0v) is 15.4. The van der Waals surface area contributed by atoms with Crippen LogP contribution in [-0.4, -0.2) is 47.2 Å². The SMILES string of the molecule is CCCN(CCC)C(=O)c1ccc(Nc2ccc(C(=O)OC)cc2)nn1. The highest BCUT2D eigenvalue weighted by Gasteiger charge is 2.16. The zero-order chi connectivity index (χ0) is 18.9. The Balaban J connectivity index is 2.04. The van der Waals surface area contributed by atoms with Crippen LogP contribution in [0.3, 0.4) is 0 Å². The fraction of sp³-hybridized carbons (Fsp3) is 0.368. The summed E-state index contributed by atoms with van der Waals surface area (Å²) >= 11 is 0. The van der Waals surface area contributed by atoms with E-state index >= 15 is 0 Å². The fourth-order valence-corrected chi connectivity index (χ4v) is 2.49. The average molecular weight is 356 g/mol. The molecule has 0 aliphatic rings. The molecule has 0 bridgehead atoms. The summed E-state index contributed by atoms with van der Waals surface area (Å²) in [5, 5.41) is 11.2. The lowest BCUT2D eigenvalue weighted by atomic mass is 10.2. The van der Waals surface area contributed by atoms with Gasteiger partial charge in [-0.25, -0.2) is 4.79 Å². The van der Waals surface area contributed by atoms with Gasteiger partial charge in [-0.1, -0.05) is 13.8 Å². The van der Waals surface area contributed by atoms with Crippen LogP contribution in [0.15, 0.2) is 36.4 Å². The molecular formula is C19H24N4O3. The van der Waals surface area contributed by atoms with E-state index in [1.54, 1.807) is 41.3 Å². The van der Waals surface area contributed by atoms with Crippen molar-refractivity contribution in [3.8, 4) is 0 Å². The molecule has 1 aromatic heterocycles. The second-order valence-electron chi connectivity index (χ2n) is 5.79. The van der Waals surface area contributed by atoms with Crippen molar-refractivity contribution in [3.05, 3.63) is 47.7 Å². The second kappa shape index (κ2) is 9.50. The third kappa shape index (κ3) is 5.02. The Morgan fingerprint density at radius 2 is 1.65 bits per heavy atom. The van der Waals surface area contributed by atoms with E-state index in [9.17, 15) is 9.59 Å². The largest absolute Gasteiger partial charge is 0.465 e. The number of ether oxygens (including phenoxy) is 1. The van der Waals surface area contributed by atoms with Crippen LogP contribution >= 0.6 is 0 Å². The number of methoxy groups -OCH3 is 1. The number of anilines is 2. The van der Waals surface area contributed by atoms with Crippen LogP contribution in [0.1, 0.15) is 47.5 Å². The molecule has 7 nitrogen and oxygen atoms in total. The van der Waals surface area contributed by atoms with Gasteiger partial charge in [-0.15, -0.1) is 10.2 Å². The maximum atomic E-state index is 12.5. The first-order valence-electron chi connectivity index (χ1n) is 8.67. The van der Waals surface area contributed by atoms with Crippen molar-refractivity contribution in [3.63, 3.8) is 0 Å². The van der Waals surface area contributed by atoms with Crippen molar-refractivity contribution in [2.75, 3.05) is 25.5 Å². The molecule has 1 amide bonds. The Labute approximate surface area is 153 Å². The highest BCUT2D eigenvalue weighted by atomic mass is 16.5. The van der Waals surface area contributed by atoms with E-state index in [2.05, 4.69) is 20.3 Å². The average Bonchev–Trinajstić information content (AvgIpc) is 2.68. The number of hydrogen-bond donors (Lipinski definition) is 1. The van der Waals surface area contributed by atoms with E-state index in [4.69, 9.17) is 0 Å². The molecule has 0 saturated heterocycles. The first-order valence-corrected chi connectivity index (χ1v) is 8.67. The highest BCUT2D eigenvalue weighted by molar-refractivity contribution is 5.92. The Morgan fingerprint density at radius 1 is 1.00 bits per heavy atom. The number of nitrogens with one attached hydrogen (secondary N) is 1. The topological polar surface area (TPSA) is 84.4 Å². The van der Waals surface area contributed by atoms with Crippen LogP contribution in [0, 0.1) is 0 Å². The van der Waals surface area contributed by atoms with Crippen LogP contribution in [0.4, 0.5) is 11.5 Å². The third-order valence-electron chi connectivity index (χ3n) is 3.74. The lowest BCUT2D eigenvalue weighted by molar-refractivity contribution is 0.0600. The number of carbonyl (C=O) groups is 2. The van der Waals surface area contributed by atoms with Crippen LogP contribution in [0.2, 0.25) is 0 Å². The van der Waals surface area contributed by atoms with Gasteiger partial charge in [0, 0.05) is 18.8 Å².